The van der Waals surface area contributed by atoms with Crippen LogP contribution in [0, 0.1) is 0 Å². The van der Waals surface area contributed by atoms with Crippen molar-refractivity contribution < 1.29 is 19.4 Å². The molecule has 1 rings (SSSR count). The van der Waals surface area contributed by atoms with Crippen molar-refractivity contribution in [2.24, 2.45) is 0 Å². The van der Waals surface area contributed by atoms with Gasteiger partial charge in [0.05, 0.1) is 20.3 Å². The minimum Gasteiger partial charge on any atom is -0.494 e. The van der Waals surface area contributed by atoms with E-state index in [2.05, 4.69) is 37.9 Å². The summed E-state index contributed by atoms with van der Waals surface area (Å²) in [5.74, 6) is -0.865. The van der Waals surface area contributed by atoms with Crippen molar-refractivity contribution in [1.29, 1.82) is 0 Å². The Morgan fingerprint density at radius 2 is 2.04 bits per heavy atom. The van der Waals surface area contributed by atoms with Crippen molar-refractivity contribution >= 4 is 5.97 Å². The van der Waals surface area contributed by atoms with Gasteiger partial charge in [-0.3, -0.25) is 0 Å². The number of rotatable bonds is 9. The normalized spacial score (nSPS) is 11.2. The van der Waals surface area contributed by atoms with Gasteiger partial charge in [0.15, 0.2) is 11.4 Å². The molecular formula is C18H25NO4. The Morgan fingerprint density at radius 3 is 2.65 bits per heavy atom. The fourth-order valence-electron chi connectivity index (χ4n) is 1.95. The highest BCUT2D eigenvalue weighted by atomic mass is 16.5. The zero-order valence-corrected chi connectivity index (χ0v) is 14.3. The maximum Gasteiger partial charge on any atom is 0.358 e. The maximum absolute atomic E-state index is 11.0. The van der Waals surface area contributed by atoms with Crippen LogP contribution >= 0.6 is 0 Å². The van der Waals surface area contributed by atoms with E-state index in [-0.39, 0.29) is 11.4 Å². The van der Waals surface area contributed by atoms with Gasteiger partial charge in [-0.15, -0.1) is 0 Å². The Kier molecular flexibility index (Phi) is 8.05. The van der Waals surface area contributed by atoms with Gasteiger partial charge < -0.3 is 14.6 Å². The molecule has 0 bridgehead atoms. The number of hydrogen-bond donors (Lipinski definition) is 1. The number of aromatic carboxylic acids is 1. The van der Waals surface area contributed by atoms with Gasteiger partial charge in [-0.1, -0.05) is 23.3 Å². The topological polar surface area (TPSA) is 68.7 Å². The van der Waals surface area contributed by atoms with Crippen molar-refractivity contribution in [2.75, 3.05) is 13.7 Å². The zero-order valence-electron chi connectivity index (χ0n) is 14.3. The van der Waals surface area contributed by atoms with Gasteiger partial charge in [-0.05, 0) is 45.2 Å². The molecule has 0 atom stereocenters. The third kappa shape index (κ3) is 7.10. The zero-order chi connectivity index (χ0) is 17.2. The minimum atomic E-state index is -1.11. The molecule has 0 aliphatic heterocycles. The number of carboxylic acids is 1. The van der Waals surface area contributed by atoms with E-state index in [1.165, 1.54) is 24.5 Å². The monoisotopic (exact) mass is 319 g/mol. The molecule has 0 aliphatic carbocycles. The van der Waals surface area contributed by atoms with E-state index in [1.807, 2.05) is 0 Å². The Balaban J connectivity index is 2.47. The van der Waals surface area contributed by atoms with Gasteiger partial charge in [-0.25, -0.2) is 9.78 Å². The average molecular weight is 319 g/mol. The lowest BCUT2D eigenvalue weighted by Gasteiger charge is -2.07. The Bertz CT molecular complexity index is 587. The molecule has 0 radical (unpaired) electrons. The molecule has 1 heterocycles. The van der Waals surface area contributed by atoms with Crippen LogP contribution in [0.25, 0.3) is 0 Å². The number of carbonyl (C=O) groups is 1. The van der Waals surface area contributed by atoms with Crippen LogP contribution in [0.15, 0.2) is 35.6 Å². The van der Waals surface area contributed by atoms with E-state index in [4.69, 9.17) is 14.6 Å². The first-order valence-electron chi connectivity index (χ1n) is 7.57. The van der Waals surface area contributed by atoms with Crippen LogP contribution in [-0.4, -0.2) is 29.8 Å². The predicted molar refractivity (Wildman–Crippen MR) is 89.8 cm³/mol. The molecule has 0 aromatic carbocycles. The number of nitrogens with zero attached hydrogens (tertiary/aromatic N) is 1. The maximum atomic E-state index is 11.0. The van der Waals surface area contributed by atoms with Crippen molar-refractivity contribution in [3.63, 3.8) is 0 Å². The highest BCUT2D eigenvalue weighted by molar-refractivity contribution is 5.88. The molecule has 0 fully saturated rings. The van der Waals surface area contributed by atoms with Crippen LogP contribution in [0.1, 0.15) is 49.7 Å². The molecule has 0 aliphatic rings. The molecule has 0 spiro atoms. The molecule has 0 amide bonds. The molecule has 0 saturated heterocycles. The van der Waals surface area contributed by atoms with Gasteiger partial charge in [0, 0.05) is 6.20 Å². The summed E-state index contributed by atoms with van der Waals surface area (Å²) in [6.45, 7) is 7.17. The van der Waals surface area contributed by atoms with Gasteiger partial charge in [0.25, 0.3) is 0 Å². The van der Waals surface area contributed by atoms with Crippen LogP contribution in [0.5, 0.6) is 5.75 Å². The summed E-state index contributed by atoms with van der Waals surface area (Å²) in [6.07, 6.45) is 7.85. The second-order valence-electron chi connectivity index (χ2n) is 5.59. The average Bonchev–Trinajstić information content (AvgIpc) is 2.50. The number of aromatic nitrogens is 1. The third-order valence-corrected chi connectivity index (χ3v) is 3.24. The van der Waals surface area contributed by atoms with E-state index in [0.29, 0.717) is 13.2 Å². The molecule has 5 nitrogen and oxygen atoms in total. The lowest BCUT2D eigenvalue weighted by atomic mass is 10.1. The molecule has 5 heteroatoms. The smallest absolute Gasteiger partial charge is 0.358 e. The van der Waals surface area contributed by atoms with Crippen molar-refractivity contribution in [2.45, 2.75) is 40.2 Å². The fourth-order valence-corrected chi connectivity index (χ4v) is 1.95. The molecule has 0 saturated carbocycles. The van der Waals surface area contributed by atoms with Crippen LogP contribution in [0.4, 0.5) is 0 Å². The van der Waals surface area contributed by atoms with Gasteiger partial charge in [0.1, 0.15) is 0 Å². The summed E-state index contributed by atoms with van der Waals surface area (Å²) in [5.41, 5.74) is 3.31. The SMILES string of the molecule is COc1cc(COC/C=C(\C)CCC=C(C)C)cnc1C(=O)O. The molecule has 0 unspecified atom stereocenters. The summed E-state index contributed by atoms with van der Waals surface area (Å²) in [5, 5.41) is 8.98. The Morgan fingerprint density at radius 1 is 1.30 bits per heavy atom. The molecular weight excluding hydrogens is 294 g/mol. The second kappa shape index (κ2) is 9.79. The minimum absolute atomic E-state index is 0.0914. The molecule has 126 valence electrons. The van der Waals surface area contributed by atoms with Crippen molar-refractivity contribution in [1.82, 2.24) is 4.98 Å². The largest absolute Gasteiger partial charge is 0.494 e. The summed E-state index contributed by atoms with van der Waals surface area (Å²) in [4.78, 5) is 14.9. The lowest BCUT2D eigenvalue weighted by molar-refractivity contribution is 0.0686. The standard InChI is InChI=1S/C18H25NO4/c1-13(2)6-5-7-14(3)8-9-23-12-15-10-16(22-4)17(18(20)21)19-11-15/h6,8,10-11H,5,7,9,12H2,1-4H3,(H,20,21)/b14-8+. The first-order chi connectivity index (χ1) is 10.9. The number of ether oxygens (including phenoxy) is 2. The van der Waals surface area contributed by atoms with E-state index < -0.39 is 5.97 Å². The summed E-state index contributed by atoms with van der Waals surface area (Å²) in [7, 11) is 1.42. The Labute approximate surface area is 137 Å². The van der Waals surface area contributed by atoms with E-state index in [1.54, 1.807) is 6.07 Å². The number of allylic oxidation sites excluding steroid dienone is 3. The van der Waals surface area contributed by atoms with Gasteiger partial charge in [0.2, 0.25) is 0 Å². The highest BCUT2D eigenvalue weighted by Crippen LogP contribution is 2.18. The summed E-state index contributed by atoms with van der Waals surface area (Å²) < 4.78 is 10.6. The van der Waals surface area contributed by atoms with Crippen LogP contribution in [0.3, 0.4) is 0 Å². The second-order valence-corrected chi connectivity index (χ2v) is 5.59. The molecule has 1 aromatic heterocycles. The van der Waals surface area contributed by atoms with Gasteiger partial charge >= 0.3 is 5.97 Å². The van der Waals surface area contributed by atoms with Crippen LogP contribution in [0.2, 0.25) is 0 Å². The predicted octanol–water partition coefficient (Wildman–Crippen LogP) is 4.00. The fraction of sp³-hybridized carbons (Fsp3) is 0.444. The molecule has 1 aromatic rings. The van der Waals surface area contributed by atoms with Gasteiger partial charge in [-0.2, -0.15) is 0 Å². The lowest BCUT2D eigenvalue weighted by Crippen LogP contribution is -2.05. The first kappa shape index (κ1) is 18.9. The number of methoxy groups -OCH3 is 1. The van der Waals surface area contributed by atoms with Crippen molar-refractivity contribution in [3.8, 4) is 5.75 Å². The quantitative estimate of drug-likeness (QED) is 0.550. The van der Waals surface area contributed by atoms with E-state index in [0.717, 1.165) is 18.4 Å². The number of pyridine rings is 1. The molecule has 23 heavy (non-hydrogen) atoms. The Hall–Kier alpha value is -2.14. The van der Waals surface area contributed by atoms with E-state index >= 15 is 0 Å². The first-order valence-corrected chi connectivity index (χ1v) is 7.57. The third-order valence-electron chi connectivity index (χ3n) is 3.24. The van der Waals surface area contributed by atoms with Crippen LogP contribution in [-0.2, 0) is 11.3 Å². The summed E-state index contributed by atoms with van der Waals surface area (Å²) >= 11 is 0. The number of carboxylic acid groups (broad SMARTS) is 1. The highest BCUT2D eigenvalue weighted by Gasteiger charge is 2.13. The molecule has 1 N–H and O–H groups in total. The number of hydrogen-bond acceptors (Lipinski definition) is 4. The van der Waals surface area contributed by atoms with Crippen molar-refractivity contribution in [3.05, 3.63) is 46.8 Å². The van der Waals surface area contributed by atoms with E-state index in [9.17, 15) is 4.79 Å². The van der Waals surface area contributed by atoms with Crippen LogP contribution < -0.4 is 4.74 Å². The summed E-state index contributed by atoms with van der Waals surface area (Å²) in [6, 6.07) is 1.64.